The van der Waals surface area contributed by atoms with Gasteiger partial charge in [0.05, 0.1) is 0 Å². The van der Waals surface area contributed by atoms with Gasteiger partial charge in [0.1, 0.15) is 0 Å². The number of allylic oxidation sites excluding steroid dienone is 4. The van der Waals surface area contributed by atoms with Crippen LogP contribution >= 0.6 is 0 Å². The van der Waals surface area contributed by atoms with Crippen LogP contribution in [0.3, 0.4) is 0 Å². The Hall–Kier alpha value is -0.566. The van der Waals surface area contributed by atoms with Crippen LogP contribution in [0, 0.1) is 0 Å². The maximum atomic E-state index is 5.81. The summed E-state index contributed by atoms with van der Waals surface area (Å²) in [6.07, 6.45) is 5.59. The van der Waals surface area contributed by atoms with Crippen molar-refractivity contribution in [3.8, 4) is 0 Å². The molecule has 4 heteroatoms. The van der Waals surface area contributed by atoms with Crippen molar-refractivity contribution in [3.05, 3.63) is 65.3 Å². The van der Waals surface area contributed by atoms with Crippen molar-refractivity contribution >= 4 is 16.3 Å². The van der Waals surface area contributed by atoms with Crippen molar-refractivity contribution in [1.82, 2.24) is 0 Å². The molecule has 0 aliphatic heterocycles. The fraction of sp³-hybridized carbons (Fsp3) is 0.263. The summed E-state index contributed by atoms with van der Waals surface area (Å²) in [5.41, 5.74) is 5.02. The Labute approximate surface area is 162 Å². The Kier molecular flexibility index (Phi) is 7.13. The van der Waals surface area contributed by atoms with E-state index in [9.17, 15) is 0 Å². The van der Waals surface area contributed by atoms with Crippen LogP contribution in [0.15, 0.2) is 54.1 Å². The Morgan fingerprint density at radius 1 is 1.04 bits per heavy atom. The van der Waals surface area contributed by atoms with Gasteiger partial charge in [0.15, 0.2) is 0 Å². The normalized spacial score (nSPS) is 14.0. The quantitative estimate of drug-likeness (QED) is 0.638. The summed E-state index contributed by atoms with van der Waals surface area (Å²) in [7, 11) is 0. The van der Waals surface area contributed by atoms with Gasteiger partial charge in [-0.3, -0.25) is 0 Å². The molecule has 119 valence electrons. The summed E-state index contributed by atoms with van der Waals surface area (Å²) in [4.78, 5) is 0. The van der Waals surface area contributed by atoms with E-state index in [0.717, 1.165) is 6.42 Å². The standard InChI is InChI=1S/C19H19O.2ClH.Ti/c1-13-8-9-15(12-13)17-11-10-14-6-4-5-7-16(14)18(17)19(2,3)20;;;/h4-8,10-12H,9H2,1-3H3;2*1H;/q-1;;;+3/p-2. The first-order valence-corrected chi connectivity index (χ1v) is 7.91. The molecule has 0 fully saturated rings. The molecule has 1 nitrogen and oxygen atoms in total. The van der Waals surface area contributed by atoms with Gasteiger partial charge in [-0.15, -0.1) is 0 Å². The summed E-state index contributed by atoms with van der Waals surface area (Å²) in [5, 5.41) is 2.55. The van der Waals surface area contributed by atoms with Gasteiger partial charge in [-0.05, 0) is 0 Å². The molecule has 0 saturated heterocycles. The minimum atomic E-state index is -0.312. The van der Waals surface area contributed by atoms with Crippen molar-refractivity contribution in [1.29, 1.82) is 0 Å². The predicted molar refractivity (Wildman–Crippen MR) is 84.4 cm³/mol. The molecule has 0 N–H and O–H groups in total. The number of benzene rings is 2. The molecule has 0 aromatic heterocycles. The summed E-state index contributed by atoms with van der Waals surface area (Å²) < 4.78 is 5.81. The molecule has 3 rings (SSSR count). The molecule has 0 heterocycles. The van der Waals surface area contributed by atoms with Gasteiger partial charge in [-0.2, -0.15) is 0 Å². The molecule has 2 aromatic rings. The van der Waals surface area contributed by atoms with Crippen LogP contribution in [-0.2, 0) is 29.7 Å². The van der Waals surface area contributed by atoms with Gasteiger partial charge in [0.2, 0.25) is 0 Å². The molecule has 1 aliphatic carbocycles. The molecule has 23 heavy (non-hydrogen) atoms. The number of halogens is 2. The number of rotatable bonds is 3. The molecular formula is C19H19Cl2OTi. The van der Waals surface area contributed by atoms with Gasteiger partial charge in [0, 0.05) is 0 Å². The Morgan fingerprint density at radius 3 is 2.35 bits per heavy atom. The summed E-state index contributed by atoms with van der Waals surface area (Å²) >= 11 is 1.79. The van der Waals surface area contributed by atoms with E-state index in [1.54, 1.807) is 20.8 Å². The van der Waals surface area contributed by atoms with Crippen LogP contribution in [-0.4, -0.2) is 0 Å². The molecular weight excluding hydrogens is 363 g/mol. The first-order valence-electron chi connectivity index (χ1n) is 7.27. The zero-order valence-electron chi connectivity index (χ0n) is 13.5. The molecule has 0 saturated carbocycles. The van der Waals surface area contributed by atoms with Crippen LogP contribution in [0.4, 0.5) is 0 Å². The van der Waals surface area contributed by atoms with Crippen molar-refractivity contribution in [2.45, 2.75) is 32.8 Å². The summed E-state index contributed by atoms with van der Waals surface area (Å²) in [6, 6.07) is 13.0. The van der Waals surface area contributed by atoms with E-state index >= 15 is 0 Å². The van der Waals surface area contributed by atoms with E-state index in [0.29, 0.717) is 0 Å². The monoisotopic (exact) mass is 381 g/mol. The van der Waals surface area contributed by atoms with Gasteiger partial charge >= 0.3 is 139 Å². The Morgan fingerprint density at radius 2 is 1.74 bits per heavy atom. The SMILES string of the molecule is CC1=CCC(c2ccc3ccccc3c2C(C)(C)[O][Ti+2])=C1.[Cl-].[Cl-]. The second-order valence-corrected chi connectivity index (χ2v) is 6.46. The summed E-state index contributed by atoms with van der Waals surface area (Å²) in [5.74, 6) is 0. The van der Waals surface area contributed by atoms with Crippen molar-refractivity contribution in [2.24, 2.45) is 0 Å². The minimum absolute atomic E-state index is 0. The topological polar surface area (TPSA) is 9.23 Å². The van der Waals surface area contributed by atoms with Crippen molar-refractivity contribution < 1.29 is 49.0 Å². The van der Waals surface area contributed by atoms with Crippen LogP contribution < -0.4 is 24.8 Å². The molecule has 1 aliphatic rings. The average Bonchev–Trinajstić information content (AvgIpc) is 2.92. The second-order valence-electron chi connectivity index (χ2n) is 6.14. The van der Waals surface area contributed by atoms with Crippen LogP contribution in [0.1, 0.15) is 38.3 Å². The van der Waals surface area contributed by atoms with E-state index in [1.165, 1.54) is 33.0 Å². The van der Waals surface area contributed by atoms with Gasteiger partial charge in [0.25, 0.3) is 0 Å². The molecule has 0 radical (unpaired) electrons. The molecule has 0 atom stereocenters. The maximum absolute atomic E-state index is 5.81. The number of hydrogen-bond donors (Lipinski definition) is 0. The van der Waals surface area contributed by atoms with Crippen molar-refractivity contribution in [3.63, 3.8) is 0 Å². The molecule has 2 aromatic carbocycles. The fourth-order valence-corrected chi connectivity index (χ4v) is 3.25. The van der Waals surface area contributed by atoms with Gasteiger partial charge in [-0.25, -0.2) is 0 Å². The predicted octanol–water partition coefficient (Wildman–Crippen LogP) is -0.705. The van der Waals surface area contributed by atoms with Crippen molar-refractivity contribution in [2.75, 3.05) is 0 Å². The fourth-order valence-electron chi connectivity index (χ4n) is 3.09. The molecule has 0 amide bonds. The first kappa shape index (κ1) is 20.5. The van der Waals surface area contributed by atoms with E-state index in [4.69, 9.17) is 3.32 Å². The third kappa shape index (κ3) is 3.92. The molecule has 0 spiro atoms. The molecule has 0 unspecified atom stereocenters. The summed E-state index contributed by atoms with van der Waals surface area (Å²) in [6.45, 7) is 6.46. The number of hydrogen-bond acceptors (Lipinski definition) is 1. The van der Waals surface area contributed by atoms with E-state index in [1.807, 2.05) is 0 Å². The number of fused-ring (bicyclic) bond motifs is 1. The average molecular weight is 382 g/mol. The minimum Gasteiger partial charge on any atom is -1.00 e. The largest absolute Gasteiger partial charge is 1.00 e. The van der Waals surface area contributed by atoms with E-state index < -0.39 is 0 Å². The second kappa shape index (κ2) is 8.01. The smallest absolute Gasteiger partial charge is 1.00 e. The van der Waals surface area contributed by atoms with Crippen LogP contribution in [0.2, 0.25) is 0 Å². The third-order valence-corrected chi connectivity index (χ3v) is 4.97. The first-order chi connectivity index (χ1) is 10.0. The van der Waals surface area contributed by atoms with E-state index in [-0.39, 0.29) is 30.4 Å². The maximum Gasteiger partial charge on any atom is -1.00 e. The Bertz CT molecular complexity index is 763. The zero-order chi connectivity index (χ0) is 15.0. The third-order valence-electron chi connectivity index (χ3n) is 4.18. The molecule has 0 bridgehead atoms. The van der Waals surface area contributed by atoms with Crippen LogP contribution in [0.25, 0.3) is 16.3 Å². The van der Waals surface area contributed by atoms with Crippen LogP contribution in [0.5, 0.6) is 0 Å². The van der Waals surface area contributed by atoms with Gasteiger partial charge in [-0.1, -0.05) is 0 Å². The van der Waals surface area contributed by atoms with E-state index in [2.05, 4.69) is 69.3 Å². The Balaban J connectivity index is 0.00000132. The zero-order valence-corrected chi connectivity index (χ0v) is 16.6. The van der Waals surface area contributed by atoms with Gasteiger partial charge < -0.3 is 24.8 Å².